The molecule has 2 N–H and O–H groups in total. The van der Waals surface area contributed by atoms with E-state index in [9.17, 15) is 9.90 Å². The van der Waals surface area contributed by atoms with E-state index in [0.29, 0.717) is 13.0 Å². The standard InChI is InChI=1S/C19H26N2O2/c1-13-6-5-8-16-19(13)15(11-20-16)10-18(23)21(2)12-14-7-3-4-9-17(14)22/h5-6,8,11,14,17,20,22H,3-4,7,9-10,12H2,1-2H3. The minimum Gasteiger partial charge on any atom is -0.393 e. The Morgan fingerprint density at radius 2 is 2.13 bits per heavy atom. The van der Waals surface area contributed by atoms with Gasteiger partial charge in [0.1, 0.15) is 0 Å². The first-order valence-electron chi connectivity index (χ1n) is 8.54. The Labute approximate surface area is 137 Å². The van der Waals surface area contributed by atoms with Crippen molar-refractivity contribution in [3.8, 4) is 0 Å². The van der Waals surface area contributed by atoms with Crippen LogP contribution >= 0.6 is 0 Å². The number of benzene rings is 1. The summed E-state index contributed by atoms with van der Waals surface area (Å²) >= 11 is 0. The minimum absolute atomic E-state index is 0.118. The lowest BCUT2D eigenvalue weighted by Gasteiger charge is -2.31. The van der Waals surface area contributed by atoms with Crippen molar-refractivity contribution in [2.75, 3.05) is 13.6 Å². The normalized spacial score (nSPS) is 21.5. The summed E-state index contributed by atoms with van der Waals surface area (Å²) in [4.78, 5) is 17.6. The number of aliphatic hydroxyl groups is 1. The molecular weight excluding hydrogens is 288 g/mol. The third kappa shape index (κ3) is 3.42. The van der Waals surface area contributed by atoms with E-state index >= 15 is 0 Å². The number of fused-ring (bicyclic) bond motifs is 1. The van der Waals surface area contributed by atoms with Gasteiger partial charge >= 0.3 is 0 Å². The van der Waals surface area contributed by atoms with E-state index in [-0.39, 0.29) is 17.9 Å². The van der Waals surface area contributed by atoms with Crippen LogP contribution in [0.3, 0.4) is 0 Å². The number of rotatable bonds is 4. The fourth-order valence-corrected chi connectivity index (χ4v) is 3.74. The maximum Gasteiger partial charge on any atom is 0.226 e. The molecule has 1 heterocycles. The van der Waals surface area contributed by atoms with Crippen LogP contribution in [0.25, 0.3) is 10.9 Å². The number of nitrogens with zero attached hydrogens (tertiary/aromatic N) is 1. The molecular formula is C19H26N2O2. The Morgan fingerprint density at radius 1 is 1.35 bits per heavy atom. The second-order valence-electron chi connectivity index (χ2n) is 6.87. The van der Waals surface area contributed by atoms with Crippen molar-refractivity contribution in [1.29, 1.82) is 0 Å². The maximum absolute atomic E-state index is 12.6. The van der Waals surface area contributed by atoms with Gasteiger partial charge in [-0.3, -0.25) is 4.79 Å². The van der Waals surface area contributed by atoms with E-state index in [1.807, 2.05) is 25.4 Å². The van der Waals surface area contributed by atoms with Gasteiger partial charge in [0.25, 0.3) is 0 Å². The Kier molecular flexibility index (Phi) is 4.71. The van der Waals surface area contributed by atoms with Crippen LogP contribution in [0.5, 0.6) is 0 Å². The lowest BCUT2D eigenvalue weighted by molar-refractivity contribution is -0.130. The fourth-order valence-electron chi connectivity index (χ4n) is 3.74. The van der Waals surface area contributed by atoms with Gasteiger partial charge in [-0.1, -0.05) is 25.0 Å². The number of amides is 1. The quantitative estimate of drug-likeness (QED) is 0.911. The molecule has 0 aliphatic heterocycles. The number of hydrogen-bond donors (Lipinski definition) is 2. The SMILES string of the molecule is Cc1cccc2[nH]cc(CC(=O)N(C)CC3CCCCC3O)c12. The molecule has 1 fully saturated rings. The summed E-state index contributed by atoms with van der Waals surface area (Å²) in [5.41, 5.74) is 3.33. The number of aliphatic hydroxyl groups excluding tert-OH is 1. The second kappa shape index (κ2) is 6.75. The molecule has 1 saturated carbocycles. The van der Waals surface area contributed by atoms with Crippen LogP contribution in [0.2, 0.25) is 0 Å². The summed E-state index contributed by atoms with van der Waals surface area (Å²) in [7, 11) is 1.85. The van der Waals surface area contributed by atoms with Crippen LogP contribution in [0.15, 0.2) is 24.4 Å². The monoisotopic (exact) mass is 314 g/mol. The third-order valence-electron chi connectivity index (χ3n) is 5.14. The summed E-state index contributed by atoms with van der Waals surface area (Å²) in [5, 5.41) is 11.3. The van der Waals surface area contributed by atoms with E-state index < -0.39 is 0 Å². The van der Waals surface area contributed by atoms with Crippen LogP contribution in [0.4, 0.5) is 0 Å². The molecule has 1 aromatic heterocycles. The average Bonchev–Trinajstić information content (AvgIpc) is 2.94. The molecule has 2 aromatic rings. The number of carbonyl (C=O) groups is 1. The molecule has 1 aliphatic carbocycles. The fraction of sp³-hybridized carbons (Fsp3) is 0.526. The van der Waals surface area contributed by atoms with Crippen molar-refractivity contribution in [3.63, 3.8) is 0 Å². The van der Waals surface area contributed by atoms with Crippen molar-refractivity contribution in [3.05, 3.63) is 35.5 Å². The minimum atomic E-state index is -0.255. The van der Waals surface area contributed by atoms with Gasteiger partial charge in [-0.15, -0.1) is 0 Å². The van der Waals surface area contributed by atoms with Gasteiger partial charge in [0, 0.05) is 36.6 Å². The van der Waals surface area contributed by atoms with E-state index in [1.165, 1.54) is 5.56 Å². The topological polar surface area (TPSA) is 56.3 Å². The van der Waals surface area contributed by atoms with E-state index in [0.717, 1.165) is 42.1 Å². The van der Waals surface area contributed by atoms with E-state index in [4.69, 9.17) is 0 Å². The third-order valence-corrected chi connectivity index (χ3v) is 5.14. The van der Waals surface area contributed by atoms with Gasteiger partial charge in [0.2, 0.25) is 5.91 Å². The number of carbonyl (C=O) groups excluding carboxylic acids is 1. The van der Waals surface area contributed by atoms with Gasteiger partial charge in [0.15, 0.2) is 0 Å². The van der Waals surface area contributed by atoms with Crippen LogP contribution in [-0.2, 0) is 11.2 Å². The molecule has 0 radical (unpaired) electrons. The molecule has 4 nitrogen and oxygen atoms in total. The van der Waals surface area contributed by atoms with Crippen LogP contribution in [0, 0.1) is 12.8 Å². The summed E-state index contributed by atoms with van der Waals surface area (Å²) in [6.07, 6.45) is 6.24. The van der Waals surface area contributed by atoms with Crippen molar-refractivity contribution >= 4 is 16.8 Å². The molecule has 1 aromatic carbocycles. The summed E-state index contributed by atoms with van der Waals surface area (Å²) in [6, 6.07) is 6.14. The van der Waals surface area contributed by atoms with Crippen LogP contribution in [0.1, 0.15) is 36.8 Å². The Morgan fingerprint density at radius 3 is 2.91 bits per heavy atom. The summed E-state index contributed by atoms with van der Waals surface area (Å²) in [6.45, 7) is 2.73. The number of hydrogen-bond acceptors (Lipinski definition) is 2. The second-order valence-corrected chi connectivity index (χ2v) is 6.87. The van der Waals surface area contributed by atoms with Gasteiger partial charge in [0.05, 0.1) is 12.5 Å². The largest absolute Gasteiger partial charge is 0.393 e. The number of H-pyrrole nitrogens is 1. The number of aryl methyl sites for hydroxylation is 1. The van der Waals surface area contributed by atoms with Crippen molar-refractivity contribution in [2.45, 2.75) is 45.1 Å². The molecule has 23 heavy (non-hydrogen) atoms. The summed E-state index contributed by atoms with van der Waals surface area (Å²) in [5.74, 6) is 0.342. The summed E-state index contributed by atoms with van der Waals surface area (Å²) < 4.78 is 0. The first-order valence-corrected chi connectivity index (χ1v) is 8.54. The molecule has 2 atom stereocenters. The highest BCUT2D eigenvalue weighted by Crippen LogP contribution is 2.26. The average molecular weight is 314 g/mol. The van der Waals surface area contributed by atoms with E-state index in [1.54, 1.807) is 4.90 Å². The number of aromatic amines is 1. The molecule has 0 saturated heterocycles. The van der Waals surface area contributed by atoms with Crippen LogP contribution < -0.4 is 0 Å². The van der Waals surface area contributed by atoms with E-state index in [2.05, 4.69) is 18.0 Å². The first-order chi connectivity index (χ1) is 11.1. The first kappa shape index (κ1) is 16.1. The highest BCUT2D eigenvalue weighted by molar-refractivity contribution is 5.90. The van der Waals surface area contributed by atoms with Crippen molar-refractivity contribution < 1.29 is 9.90 Å². The molecule has 1 aliphatic rings. The Hall–Kier alpha value is -1.81. The van der Waals surface area contributed by atoms with Gasteiger partial charge in [-0.05, 0) is 37.0 Å². The number of nitrogens with one attached hydrogen (secondary N) is 1. The molecule has 4 heteroatoms. The molecule has 3 rings (SSSR count). The molecule has 124 valence electrons. The molecule has 1 amide bonds. The lowest BCUT2D eigenvalue weighted by atomic mass is 9.86. The van der Waals surface area contributed by atoms with Crippen LogP contribution in [-0.4, -0.2) is 40.6 Å². The smallest absolute Gasteiger partial charge is 0.226 e. The Balaban J connectivity index is 1.68. The van der Waals surface area contributed by atoms with Crippen molar-refractivity contribution in [1.82, 2.24) is 9.88 Å². The zero-order valence-corrected chi connectivity index (χ0v) is 14.0. The predicted octanol–water partition coefficient (Wildman–Crippen LogP) is 3.03. The zero-order chi connectivity index (χ0) is 16.4. The molecule has 2 unspecified atom stereocenters. The lowest BCUT2D eigenvalue weighted by Crippen LogP contribution is -2.38. The van der Waals surface area contributed by atoms with Gasteiger partial charge in [-0.2, -0.15) is 0 Å². The zero-order valence-electron chi connectivity index (χ0n) is 14.0. The Bertz CT molecular complexity index is 692. The highest BCUT2D eigenvalue weighted by atomic mass is 16.3. The highest BCUT2D eigenvalue weighted by Gasteiger charge is 2.25. The number of likely N-dealkylation sites (N-methyl/N-ethyl adjacent to an activating group) is 1. The maximum atomic E-state index is 12.6. The molecule has 0 spiro atoms. The predicted molar refractivity (Wildman–Crippen MR) is 92.3 cm³/mol. The van der Waals surface area contributed by atoms with Crippen molar-refractivity contribution in [2.24, 2.45) is 5.92 Å². The number of aromatic nitrogens is 1. The molecule has 0 bridgehead atoms. The van der Waals surface area contributed by atoms with Gasteiger partial charge < -0.3 is 15.0 Å². The van der Waals surface area contributed by atoms with Gasteiger partial charge in [-0.25, -0.2) is 0 Å².